The molecule has 1 heterocycles. The maximum atomic E-state index is 13.1. The largest absolute Gasteiger partial charge is 0.416 e. The molecule has 0 bridgehead atoms. The van der Waals surface area contributed by atoms with Gasteiger partial charge in [0.2, 0.25) is 0 Å². The predicted octanol–water partition coefficient (Wildman–Crippen LogP) is 3.70. The van der Waals surface area contributed by atoms with Crippen molar-refractivity contribution in [3.63, 3.8) is 0 Å². The van der Waals surface area contributed by atoms with Crippen molar-refractivity contribution in [1.29, 1.82) is 0 Å². The Morgan fingerprint density at radius 1 is 1.23 bits per heavy atom. The number of nitrogens with one attached hydrogen (secondary N) is 1. The Balaban J connectivity index is 0.00000242. The standard InChI is InChI=1S/C15H20F4N2.ClH/c1-20-9-11-4-6-21(7-5-11)10-12-2-3-13(16)8-14(12)15(17,18)19;/h2-3,8,11,20H,4-7,9-10H2,1H3;1H. The smallest absolute Gasteiger partial charge is 0.319 e. The highest BCUT2D eigenvalue weighted by Gasteiger charge is 2.34. The zero-order chi connectivity index (χ0) is 15.5. The van der Waals surface area contributed by atoms with E-state index in [4.69, 9.17) is 0 Å². The van der Waals surface area contributed by atoms with Crippen LogP contribution in [0.2, 0.25) is 0 Å². The molecule has 0 aromatic heterocycles. The second-order valence-electron chi connectivity index (χ2n) is 5.58. The minimum atomic E-state index is -4.51. The van der Waals surface area contributed by atoms with Gasteiger partial charge in [-0.3, -0.25) is 4.90 Å². The molecular weight excluding hydrogens is 320 g/mol. The molecule has 1 aliphatic rings. The Labute approximate surface area is 134 Å². The van der Waals surface area contributed by atoms with Crippen molar-refractivity contribution >= 4 is 12.4 Å². The molecular formula is C15H21ClF4N2. The van der Waals surface area contributed by atoms with Gasteiger partial charge >= 0.3 is 6.18 Å². The minimum Gasteiger partial charge on any atom is -0.319 e. The van der Waals surface area contributed by atoms with Crippen LogP contribution in [0, 0.1) is 11.7 Å². The van der Waals surface area contributed by atoms with Crippen LogP contribution in [-0.2, 0) is 12.7 Å². The molecule has 0 aliphatic carbocycles. The van der Waals surface area contributed by atoms with Gasteiger partial charge in [0.25, 0.3) is 0 Å². The number of benzene rings is 1. The Bertz CT molecular complexity index is 471. The van der Waals surface area contributed by atoms with Crippen molar-refractivity contribution in [3.8, 4) is 0 Å². The Morgan fingerprint density at radius 3 is 2.41 bits per heavy atom. The number of rotatable bonds is 4. The summed E-state index contributed by atoms with van der Waals surface area (Å²) in [5, 5.41) is 3.13. The van der Waals surface area contributed by atoms with Crippen LogP contribution >= 0.6 is 12.4 Å². The Hall–Kier alpha value is -0.850. The minimum absolute atomic E-state index is 0. The van der Waals surface area contributed by atoms with Crippen molar-refractivity contribution in [3.05, 3.63) is 35.1 Å². The van der Waals surface area contributed by atoms with E-state index in [-0.39, 0.29) is 24.5 Å². The summed E-state index contributed by atoms with van der Waals surface area (Å²) in [6.45, 7) is 2.72. The van der Waals surface area contributed by atoms with Gasteiger partial charge in [-0.05, 0) is 63.1 Å². The number of nitrogens with zero attached hydrogens (tertiary/aromatic N) is 1. The van der Waals surface area contributed by atoms with Gasteiger partial charge in [-0.2, -0.15) is 13.2 Å². The molecule has 0 unspecified atom stereocenters. The number of halogens is 5. The summed E-state index contributed by atoms with van der Waals surface area (Å²) < 4.78 is 51.9. The van der Waals surface area contributed by atoms with Crippen molar-refractivity contribution in [2.75, 3.05) is 26.7 Å². The summed E-state index contributed by atoms with van der Waals surface area (Å²) in [5.74, 6) is -0.264. The highest BCUT2D eigenvalue weighted by atomic mass is 35.5. The molecule has 0 radical (unpaired) electrons. The lowest BCUT2D eigenvalue weighted by Gasteiger charge is -2.32. The summed E-state index contributed by atoms with van der Waals surface area (Å²) in [5.41, 5.74) is -0.712. The Kier molecular flexibility index (Phi) is 7.09. The average Bonchev–Trinajstić information content (AvgIpc) is 2.42. The summed E-state index contributed by atoms with van der Waals surface area (Å²) in [6, 6.07) is 2.93. The summed E-state index contributed by atoms with van der Waals surface area (Å²) in [7, 11) is 1.90. The molecule has 7 heteroatoms. The fraction of sp³-hybridized carbons (Fsp3) is 0.600. The lowest BCUT2D eigenvalue weighted by atomic mass is 9.96. The van der Waals surface area contributed by atoms with Gasteiger partial charge in [0.05, 0.1) is 5.56 Å². The number of likely N-dealkylation sites (tertiary alicyclic amines) is 1. The van der Waals surface area contributed by atoms with Gasteiger partial charge in [-0.15, -0.1) is 12.4 Å². The van der Waals surface area contributed by atoms with E-state index in [2.05, 4.69) is 5.32 Å². The highest BCUT2D eigenvalue weighted by molar-refractivity contribution is 5.85. The van der Waals surface area contributed by atoms with E-state index in [0.29, 0.717) is 12.0 Å². The van der Waals surface area contributed by atoms with E-state index < -0.39 is 17.6 Å². The number of hydrogen-bond donors (Lipinski definition) is 1. The molecule has 0 atom stereocenters. The molecule has 0 saturated carbocycles. The lowest BCUT2D eigenvalue weighted by molar-refractivity contribution is -0.138. The summed E-state index contributed by atoms with van der Waals surface area (Å²) >= 11 is 0. The third-order valence-electron chi connectivity index (χ3n) is 3.97. The van der Waals surface area contributed by atoms with Crippen LogP contribution in [0.15, 0.2) is 18.2 Å². The third-order valence-corrected chi connectivity index (χ3v) is 3.97. The molecule has 1 aliphatic heterocycles. The van der Waals surface area contributed by atoms with Crippen molar-refractivity contribution < 1.29 is 17.6 Å². The number of piperidine rings is 1. The fourth-order valence-electron chi connectivity index (χ4n) is 2.83. The average molecular weight is 341 g/mol. The van der Waals surface area contributed by atoms with E-state index in [9.17, 15) is 17.6 Å². The molecule has 0 amide bonds. The number of alkyl halides is 3. The van der Waals surface area contributed by atoms with Crippen LogP contribution < -0.4 is 5.32 Å². The molecule has 2 rings (SSSR count). The lowest BCUT2D eigenvalue weighted by Crippen LogP contribution is -2.36. The van der Waals surface area contributed by atoms with Gasteiger partial charge in [-0.25, -0.2) is 4.39 Å². The first-order valence-electron chi connectivity index (χ1n) is 7.12. The maximum Gasteiger partial charge on any atom is 0.416 e. The quantitative estimate of drug-likeness (QED) is 0.841. The topological polar surface area (TPSA) is 15.3 Å². The third kappa shape index (κ3) is 5.11. The molecule has 0 spiro atoms. The molecule has 126 valence electrons. The fourth-order valence-corrected chi connectivity index (χ4v) is 2.83. The van der Waals surface area contributed by atoms with Crippen molar-refractivity contribution in [2.45, 2.75) is 25.6 Å². The van der Waals surface area contributed by atoms with Gasteiger partial charge in [-0.1, -0.05) is 6.07 Å². The zero-order valence-corrected chi connectivity index (χ0v) is 13.2. The SMILES string of the molecule is CNCC1CCN(Cc2ccc(F)cc2C(F)(F)F)CC1.Cl. The van der Waals surface area contributed by atoms with Gasteiger partial charge < -0.3 is 5.32 Å². The molecule has 1 fully saturated rings. The van der Waals surface area contributed by atoms with Crippen LogP contribution in [0.4, 0.5) is 17.6 Å². The van der Waals surface area contributed by atoms with Gasteiger partial charge in [0.15, 0.2) is 0 Å². The first-order chi connectivity index (χ1) is 9.90. The van der Waals surface area contributed by atoms with Crippen molar-refractivity contribution in [2.24, 2.45) is 5.92 Å². The molecule has 1 aromatic rings. The first-order valence-corrected chi connectivity index (χ1v) is 7.12. The Morgan fingerprint density at radius 2 is 1.86 bits per heavy atom. The predicted molar refractivity (Wildman–Crippen MR) is 80.6 cm³/mol. The van der Waals surface area contributed by atoms with Crippen LogP contribution in [-0.4, -0.2) is 31.6 Å². The molecule has 22 heavy (non-hydrogen) atoms. The second-order valence-corrected chi connectivity index (χ2v) is 5.58. The van der Waals surface area contributed by atoms with Crippen LogP contribution in [0.1, 0.15) is 24.0 Å². The zero-order valence-electron chi connectivity index (χ0n) is 12.4. The van der Waals surface area contributed by atoms with Crippen LogP contribution in [0.3, 0.4) is 0 Å². The summed E-state index contributed by atoms with van der Waals surface area (Å²) in [4.78, 5) is 2.01. The second kappa shape index (κ2) is 8.13. The van der Waals surface area contributed by atoms with Crippen LogP contribution in [0.25, 0.3) is 0 Å². The summed E-state index contributed by atoms with van der Waals surface area (Å²) in [6.07, 6.45) is -2.56. The molecule has 1 aromatic carbocycles. The van der Waals surface area contributed by atoms with Crippen LogP contribution in [0.5, 0.6) is 0 Å². The first kappa shape index (κ1) is 19.2. The van der Waals surface area contributed by atoms with E-state index in [1.54, 1.807) is 0 Å². The van der Waals surface area contributed by atoms with E-state index >= 15 is 0 Å². The molecule has 1 saturated heterocycles. The maximum absolute atomic E-state index is 13.1. The normalized spacial score (nSPS) is 17.3. The van der Waals surface area contributed by atoms with Gasteiger partial charge in [0, 0.05) is 6.54 Å². The highest BCUT2D eigenvalue weighted by Crippen LogP contribution is 2.33. The van der Waals surface area contributed by atoms with Gasteiger partial charge in [0.1, 0.15) is 5.82 Å². The molecule has 1 N–H and O–H groups in total. The van der Waals surface area contributed by atoms with E-state index in [1.807, 2.05) is 11.9 Å². The number of hydrogen-bond acceptors (Lipinski definition) is 2. The molecule has 2 nitrogen and oxygen atoms in total. The monoisotopic (exact) mass is 340 g/mol. The van der Waals surface area contributed by atoms with E-state index in [0.717, 1.165) is 38.5 Å². The van der Waals surface area contributed by atoms with E-state index in [1.165, 1.54) is 6.07 Å². The van der Waals surface area contributed by atoms with Crippen molar-refractivity contribution in [1.82, 2.24) is 10.2 Å².